The first-order valence-corrected chi connectivity index (χ1v) is 7.25. The van der Waals surface area contributed by atoms with Crippen molar-refractivity contribution in [3.63, 3.8) is 0 Å². The average Bonchev–Trinajstić information content (AvgIpc) is 2.32. The molecule has 4 heteroatoms. The van der Waals surface area contributed by atoms with Crippen LogP contribution >= 0.6 is 0 Å². The van der Waals surface area contributed by atoms with E-state index in [4.69, 9.17) is 9.47 Å². The molecule has 1 aliphatic rings. The molecule has 0 spiro atoms. The Morgan fingerprint density at radius 3 is 2.50 bits per heavy atom. The highest BCUT2D eigenvalue weighted by atomic mass is 16.6. The second-order valence-corrected chi connectivity index (χ2v) is 5.22. The van der Waals surface area contributed by atoms with E-state index in [1.165, 1.54) is 0 Å². The lowest BCUT2D eigenvalue weighted by Gasteiger charge is -2.37. The minimum absolute atomic E-state index is 0.0165. The van der Waals surface area contributed by atoms with Crippen molar-refractivity contribution in [2.45, 2.75) is 59.0 Å². The molecule has 1 fully saturated rings. The van der Waals surface area contributed by atoms with Gasteiger partial charge >= 0.3 is 0 Å². The summed E-state index contributed by atoms with van der Waals surface area (Å²) in [5, 5.41) is 9.49. The summed E-state index contributed by atoms with van der Waals surface area (Å²) in [6.07, 6.45) is 1.21. The van der Waals surface area contributed by atoms with Gasteiger partial charge in [0.2, 0.25) is 0 Å². The van der Waals surface area contributed by atoms with E-state index < -0.39 is 6.29 Å². The van der Waals surface area contributed by atoms with E-state index in [1.54, 1.807) is 0 Å². The smallest absolute Gasteiger partial charge is 0.155 e. The zero-order valence-electron chi connectivity index (χ0n) is 12.3. The van der Waals surface area contributed by atoms with Crippen LogP contribution < -0.4 is 0 Å². The molecule has 4 nitrogen and oxygen atoms in total. The number of aliphatic hydroxyl groups excluding tert-OH is 1. The summed E-state index contributed by atoms with van der Waals surface area (Å²) in [6.45, 7) is 12.5. The van der Waals surface area contributed by atoms with Crippen molar-refractivity contribution < 1.29 is 14.6 Å². The molecule has 0 radical (unpaired) electrons. The maximum atomic E-state index is 9.49. The Labute approximate surface area is 111 Å². The highest BCUT2D eigenvalue weighted by Crippen LogP contribution is 2.26. The Hall–Kier alpha value is -0.160. The lowest BCUT2D eigenvalue weighted by molar-refractivity contribution is -0.221. The number of aliphatic hydroxyl groups is 1. The van der Waals surface area contributed by atoms with Gasteiger partial charge in [-0.25, -0.2) is 0 Å². The van der Waals surface area contributed by atoms with Gasteiger partial charge in [-0.3, -0.25) is 0 Å². The molecule has 0 aromatic carbocycles. The van der Waals surface area contributed by atoms with E-state index in [1.807, 2.05) is 6.92 Å². The van der Waals surface area contributed by atoms with Gasteiger partial charge in [0, 0.05) is 19.6 Å². The van der Waals surface area contributed by atoms with Crippen molar-refractivity contribution >= 4 is 0 Å². The summed E-state index contributed by atoms with van der Waals surface area (Å²) < 4.78 is 11.3. The van der Waals surface area contributed by atoms with Crippen LogP contribution in [0.4, 0.5) is 0 Å². The van der Waals surface area contributed by atoms with Gasteiger partial charge in [0.05, 0.1) is 12.2 Å². The first-order chi connectivity index (χ1) is 8.58. The number of hydrogen-bond acceptors (Lipinski definition) is 4. The van der Waals surface area contributed by atoms with Crippen molar-refractivity contribution in [1.82, 2.24) is 4.90 Å². The third kappa shape index (κ3) is 4.84. The molecule has 0 aromatic heterocycles. The van der Waals surface area contributed by atoms with Crippen molar-refractivity contribution in [3.8, 4) is 0 Å². The number of hydrogen-bond donors (Lipinski definition) is 1. The predicted octanol–water partition coefficient (Wildman–Crippen LogP) is 1.87. The Morgan fingerprint density at radius 2 is 1.94 bits per heavy atom. The van der Waals surface area contributed by atoms with Crippen LogP contribution in [0.15, 0.2) is 0 Å². The minimum atomic E-state index is -0.620. The Bertz CT molecular complexity index is 209. The fraction of sp³-hybridized carbons (Fsp3) is 1.00. The van der Waals surface area contributed by atoms with E-state index in [0.717, 1.165) is 32.7 Å². The summed E-state index contributed by atoms with van der Waals surface area (Å²) in [4.78, 5) is 2.40. The number of nitrogens with zero attached hydrogens (tertiary/aromatic N) is 1. The fourth-order valence-electron chi connectivity index (χ4n) is 2.64. The molecule has 1 saturated heterocycles. The van der Waals surface area contributed by atoms with Gasteiger partial charge in [-0.2, -0.15) is 0 Å². The summed E-state index contributed by atoms with van der Waals surface area (Å²) >= 11 is 0. The van der Waals surface area contributed by atoms with Gasteiger partial charge in [0.1, 0.15) is 0 Å². The van der Waals surface area contributed by atoms with E-state index in [0.29, 0.717) is 12.3 Å². The van der Waals surface area contributed by atoms with E-state index in [2.05, 4.69) is 25.7 Å². The standard InChI is InChI=1S/C14H29NO3/c1-5-15(6-2)8-7-9-17-14-11(3)10-13(16)18-12(14)4/h11-14,16H,5-10H2,1-4H3/t11?,12?,13?,14-/m1/s1. The maximum Gasteiger partial charge on any atom is 0.155 e. The third-order valence-corrected chi connectivity index (χ3v) is 3.79. The summed E-state index contributed by atoms with van der Waals surface area (Å²) in [7, 11) is 0. The molecule has 0 aromatic rings. The quantitative estimate of drug-likeness (QED) is 0.709. The van der Waals surface area contributed by atoms with Crippen LogP contribution in [0.2, 0.25) is 0 Å². The van der Waals surface area contributed by atoms with Crippen LogP contribution in [-0.4, -0.2) is 54.7 Å². The summed E-state index contributed by atoms with van der Waals surface area (Å²) in [6, 6.07) is 0. The minimum Gasteiger partial charge on any atom is -0.375 e. The zero-order valence-corrected chi connectivity index (χ0v) is 12.3. The van der Waals surface area contributed by atoms with Crippen molar-refractivity contribution in [2.75, 3.05) is 26.2 Å². The molecular weight excluding hydrogens is 230 g/mol. The topological polar surface area (TPSA) is 41.9 Å². The lowest BCUT2D eigenvalue weighted by atomic mass is 9.94. The average molecular weight is 259 g/mol. The normalized spacial score (nSPS) is 33.0. The lowest BCUT2D eigenvalue weighted by Crippen LogP contribution is -2.44. The molecule has 3 unspecified atom stereocenters. The van der Waals surface area contributed by atoms with Crippen molar-refractivity contribution in [2.24, 2.45) is 5.92 Å². The maximum absolute atomic E-state index is 9.49. The molecule has 4 atom stereocenters. The van der Waals surface area contributed by atoms with Gasteiger partial charge < -0.3 is 19.5 Å². The Kier molecular flexibility index (Phi) is 7.15. The predicted molar refractivity (Wildman–Crippen MR) is 72.5 cm³/mol. The van der Waals surface area contributed by atoms with Gasteiger partial charge in [-0.05, 0) is 32.4 Å². The summed E-state index contributed by atoms with van der Waals surface area (Å²) in [5.74, 6) is 0.359. The van der Waals surface area contributed by atoms with Crippen LogP contribution in [0.3, 0.4) is 0 Å². The molecular formula is C14H29NO3. The number of ether oxygens (including phenoxy) is 2. The van der Waals surface area contributed by atoms with Crippen LogP contribution in [0, 0.1) is 5.92 Å². The highest BCUT2D eigenvalue weighted by molar-refractivity contribution is 4.79. The number of rotatable bonds is 7. The van der Waals surface area contributed by atoms with Crippen LogP contribution in [0.25, 0.3) is 0 Å². The Balaban J connectivity index is 2.22. The van der Waals surface area contributed by atoms with Crippen molar-refractivity contribution in [3.05, 3.63) is 0 Å². The van der Waals surface area contributed by atoms with Gasteiger partial charge in [-0.15, -0.1) is 0 Å². The summed E-state index contributed by atoms with van der Waals surface area (Å²) in [5.41, 5.74) is 0. The van der Waals surface area contributed by atoms with Gasteiger partial charge in [0.25, 0.3) is 0 Å². The van der Waals surface area contributed by atoms with Crippen LogP contribution in [-0.2, 0) is 9.47 Å². The molecule has 1 heterocycles. The first-order valence-electron chi connectivity index (χ1n) is 7.25. The fourth-order valence-corrected chi connectivity index (χ4v) is 2.64. The van der Waals surface area contributed by atoms with E-state index in [-0.39, 0.29) is 12.2 Å². The highest BCUT2D eigenvalue weighted by Gasteiger charge is 2.33. The first kappa shape index (κ1) is 15.9. The molecule has 108 valence electrons. The van der Waals surface area contributed by atoms with Gasteiger partial charge in [0.15, 0.2) is 6.29 Å². The zero-order chi connectivity index (χ0) is 13.5. The molecule has 0 bridgehead atoms. The molecule has 1 aliphatic heterocycles. The second-order valence-electron chi connectivity index (χ2n) is 5.22. The largest absolute Gasteiger partial charge is 0.375 e. The van der Waals surface area contributed by atoms with Crippen molar-refractivity contribution in [1.29, 1.82) is 0 Å². The molecule has 0 amide bonds. The SMILES string of the molecule is CCN(CC)CCCO[C@@H]1C(C)CC(O)OC1C. The van der Waals surface area contributed by atoms with Crippen LogP contribution in [0.5, 0.6) is 0 Å². The molecule has 1 N–H and O–H groups in total. The monoisotopic (exact) mass is 259 g/mol. The molecule has 0 saturated carbocycles. The Morgan fingerprint density at radius 1 is 1.28 bits per heavy atom. The molecule has 0 aliphatic carbocycles. The third-order valence-electron chi connectivity index (χ3n) is 3.79. The molecule has 1 rings (SSSR count). The van der Waals surface area contributed by atoms with E-state index >= 15 is 0 Å². The van der Waals surface area contributed by atoms with E-state index in [9.17, 15) is 5.11 Å². The van der Waals surface area contributed by atoms with Gasteiger partial charge in [-0.1, -0.05) is 20.8 Å². The molecule has 18 heavy (non-hydrogen) atoms. The van der Waals surface area contributed by atoms with Crippen LogP contribution in [0.1, 0.15) is 40.5 Å². The second kappa shape index (κ2) is 8.10.